The first-order chi connectivity index (χ1) is 12.5. The average Bonchev–Trinajstić information content (AvgIpc) is 2.87. The normalized spacial score (nSPS) is 12.1. The summed E-state index contributed by atoms with van der Waals surface area (Å²) in [6, 6.07) is 14.4. The third-order valence-corrected chi connectivity index (χ3v) is 4.98. The first kappa shape index (κ1) is 19.4. The molecule has 1 aliphatic rings. The Hall–Kier alpha value is -2.36. The van der Waals surface area contributed by atoms with Crippen molar-refractivity contribution in [3.63, 3.8) is 0 Å². The van der Waals surface area contributed by atoms with Crippen molar-refractivity contribution in [2.24, 2.45) is 0 Å². The Balaban J connectivity index is 0.00000210. The summed E-state index contributed by atoms with van der Waals surface area (Å²) < 4.78 is 6.09. The Morgan fingerprint density at radius 2 is 1.56 bits per heavy atom. The van der Waals surface area contributed by atoms with E-state index in [1.807, 2.05) is 33.2 Å². The Kier molecular flexibility index (Phi) is 5.27. The van der Waals surface area contributed by atoms with Gasteiger partial charge in [-0.15, -0.1) is 12.4 Å². The molecule has 0 fully saturated rings. The predicted molar refractivity (Wildman–Crippen MR) is 114 cm³/mol. The van der Waals surface area contributed by atoms with Crippen molar-refractivity contribution >= 4 is 29.0 Å². The maximum atomic E-state index is 13.0. The molecule has 0 bridgehead atoms. The number of rotatable bonds is 4. The van der Waals surface area contributed by atoms with Gasteiger partial charge in [-0.05, 0) is 57.1 Å². The molecule has 4 rings (SSSR count). The molecule has 4 heteroatoms. The summed E-state index contributed by atoms with van der Waals surface area (Å²) in [4.78, 5) is 15.1. The Labute approximate surface area is 166 Å². The Bertz CT molecular complexity index is 1040. The fraction of sp³-hybridized carbons (Fsp3) is 0.261. The number of nitrogens with zero attached hydrogens (tertiary/aromatic N) is 1. The topological polar surface area (TPSA) is 29.5 Å². The van der Waals surface area contributed by atoms with Gasteiger partial charge in [-0.1, -0.05) is 35.4 Å². The third kappa shape index (κ3) is 3.33. The van der Waals surface area contributed by atoms with Gasteiger partial charge in [0.05, 0.1) is 0 Å². The summed E-state index contributed by atoms with van der Waals surface area (Å²) in [5.74, 6) is 0.890. The van der Waals surface area contributed by atoms with Gasteiger partial charge in [0.25, 0.3) is 0 Å². The summed E-state index contributed by atoms with van der Waals surface area (Å²) in [5.41, 5.74) is 5.91. The van der Waals surface area contributed by atoms with E-state index in [2.05, 4.69) is 42.2 Å². The molecule has 0 radical (unpaired) electrons. The van der Waals surface area contributed by atoms with E-state index >= 15 is 0 Å². The molecule has 0 saturated heterocycles. The molecule has 140 valence electrons. The smallest absolute Gasteiger partial charge is 0.194 e. The van der Waals surface area contributed by atoms with Gasteiger partial charge in [0.2, 0.25) is 0 Å². The first-order valence-corrected chi connectivity index (χ1v) is 8.96. The fourth-order valence-electron chi connectivity index (χ4n) is 3.64. The van der Waals surface area contributed by atoms with Gasteiger partial charge in [-0.2, -0.15) is 0 Å². The average molecular weight is 382 g/mol. The number of likely N-dealkylation sites (N-methyl/N-ethyl adjacent to an activating group) is 1. The van der Waals surface area contributed by atoms with Crippen LogP contribution in [0.4, 0.5) is 0 Å². The van der Waals surface area contributed by atoms with Crippen LogP contribution in [0.1, 0.15) is 27.0 Å². The molecule has 27 heavy (non-hydrogen) atoms. The number of ketones is 1. The number of hydrogen-bond donors (Lipinski definition) is 0. The quantitative estimate of drug-likeness (QED) is 0.496. The zero-order chi connectivity index (χ0) is 18.4. The van der Waals surface area contributed by atoms with Gasteiger partial charge in [-0.3, -0.25) is 4.79 Å². The number of hydrogen-bond acceptors (Lipinski definition) is 3. The van der Waals surface area contributed by atoms with Crippen LogP contribution in [0.3, 0.4) is 0 Å². The van der Waals surface area contributed by atoms with Crippen LogP contribution in [0.2, 0.25) is 0 Å². The molecule has 0 atom stereocenters. The van der Waals surface area contributed by atoms with Crippen molar-refractivity contribution in [1.29, 1.82) is 0 Å². The van der Waals surface area contributed by atoms with Crippen LogP contribution in [0.15, 0.2) is 42.5 Å². The minimum atomic E-state index is 0. The van der Waals surface area contributed by atoms with Gasteiger partial charge in [0.15, 0.2) is 5.78 Å². The zero-order valence-corrected chi connectivity index (χ0v) is 16.9. The van der Waals surface area contributed by atoms with Crippen LogP contribution < -0.4 is 4.74 Å². The number of carbonyl (C=O) groups excluding carboxylic acids is 1. The highest BCUT2D eigenvalue weighted by molar-refractivity contribution is 6.26. The fourth-order valence-corrected chi connectivity index (χ4v) is 3.64. The second-order valence-corrected chi connectivity index (χ2v) is 7.38. The molecule has 3 aromatic rings. The van der Waals surface area contributed by atoms with E-state index in [1.165, 1.54) is 5.56 Å². The van der Waals surface area contributed by atoms with E-state index in [0.717, 1.165) is 50.9 Å². The highest BCUT2D eigenvalue weighted by atomic mass is 35.5. The molecule has 3 aromatic carbocycles. The molecule has 0 aliphatic heterocycles. The number of benzene rings is 3. The number of carbonyl (C=O) groups is 1. The van der Waals surface area contributed by atoms with Crippen LogP contribution in [0.5, 0.6) is 5.75 Å². The summed E-state index contributed by atoms with van der Waals surface area (Å²) in [5, 5.41) is 2.16. The summed E-state index contributed by atoms with van der Waals surface area (Å²) in [6.07, 6.45) is 0. The lowest BCUT2D eigenvalue weighted by atomic mass is 9.95. The van der Waals surface area contributed by atoms with Crippen LogP contribution in [0.25, 0.3) is 21.9 Å². The molecule has 0 amide bonds. The lowest BCUT2D eigenvalue weighted by Crippen LogP contribution is -2.19. The van der Waals surface area contributed by atoms with Crippen LogP contribution in [-0.2, 0) is 0 Å². The largest absolute Gasteiger partial charge is 0.492 e. The number of halogens is 1. The molecule has 3 nitrogen and oxygen atoms in total. The van der Waals surface area contributed by atoms with Gasteiger partial charge >= 0.3 is 0 Å². The molecule has 0 heterocycles. The highest BCUT2D eigenvalue weighted by Gasteiger charge is 2.29. The summed E-state index contributed by atoms with van der Waals surface area (Å²) >= 11 is 0. The number of fused-ring (bicyclic) bond motifs is 5. The minimum Gasteiger partial charge on any atom is -0.492 e. The maximum absolute atomic E-state index is 13.0. The summed E-state index contributed by atoms with van der Waals surface area (Å²) in [7, 11) is 4.05. The minimum absolute atomic E-state index is 0. The standard InChI is InChI=1S/C23H23NO2.ClH/c1-14-5-7-16-18(11-14)21(26-10-9-24(3)4)13-20-22(16)17-8-6-15(2)12-19(17)23(20)25;/h5-8,11-13H,9-10H2,1-4H3;1H. The van der Waals surface area contributed by atoms with E-state index in [0.29, 0.717) is 6.61 Å². The third-order valence-electron chi connectivity index (χ3n) is 4.98. The molecule has 0 unspecified atom stereocenters. The van der Waals surface area contributed by atoms with Gasteiger partial charge in [0, 0.05) is 28.6 Å². The molecular formula is C23H24ClNO2. The van der Waals surface area contributed by atoms with E-state index in [-0.39, 0.29) is 18.2 Å². The number of ether oxygens (including phenoxy) is 1. The van der Waals surface area contributed by atoms with Gasteiger partial charge in [0.1, 0.15) is 12.4 Å². The van der Waals surface area contributed by atoms with E-state index in [4.69, 9.17) is 4.74 Å². The van der Waals surface area contributed by atoms with E-state index < -0.39 is 0 Å². The lowest BCUT2D eigenvalue weighted by Gasteiger charge is -2.15. The second-order valence-electron chi connectivity index (χ2n) is 7.38. The summed E-state index contributed by atoms with van der Waals surface area (Å²) in [6.45, 7) is 5.53. The molecule has 0 saturated carbocycles. The predicted octanol–water partition coefficient (Wildman–Crippen LogP) is 5.03. The van der Waals surface area contributed by atoms with Crippen molar-refractivity contribution in [3.8, 4) is 16.9 Å². The van der Waals surface area contributed by atoms with Gasteiger partial charge in [-0.25, -0.2) is 0 Å². The van der Waals surface area contributed by atoms with E-state index in [9.17, 15) is 4.79 Å². The van der Waals surface area contributed by atoms with Crippen LogP contribution in [0, 0.1) is 13.8 Å². The highest BCUT2D eigenvalue weighted by Crippen LogP contribution is 2.45. The van der Waals surface area contributed by atoms with Crippen molar-refractivity contribution < 1.29 is 9.53 Å². The lowest BCUT2D eigenvalue weighted by molar-refractivity contribution is 0.104. The van der Waals surface area contributed by atoms with Crippen molar-refractivity contribution in [2.75, 3.05) is 27.2 Å². The van der Waals surface area contributed by atoms with Gasteiger partial charge < -0.3 is 9.64 Å². The SMILES string of the molecule is Cc1ccc2c(c1)C(=O)c1cc(OCCN(C)C)c3cc(C)ccc3c1-2.Cl. The van der Waals surface area contributed by atoms with Crippen LogP contribution >= 0.6 is 12.4 Å². The first-order valence-electron chi connectivity index (χ1n) is 8.96. The number of aryl methyl sites for hydroxylation is 2. The monoisotopic (exact) mass is 381 g/mol. The van der Waals surface area contributed by atoms with E-state index in [1.54, 1.807) is 0 Å². The molecule has 0 N–H and O–H groups in total. The Morgan fingerprint density at radius 1 is 0.852 bits per heavy atom. The molecule has 1 aliphatic carbocycles. The van der Waals surface area contributed by atoms with Crippen molar-refractivity contribution in [1.82, 2.24) is 4.90 Å². The zero-order valence-electron chi connectivity index (χ0n) is 16.1. The molecular weight excluding hydrogens is 358 g/mol. The molecule has 0 spiro atoms. The maximum Gasteiger partial charge on any atom is 0.194 e. The Morgan fingerprint density at radius 3 is 2.30 bits per heavy atom. The molecule has 0 aromatic heterocycles. The van der Waals surface area contributed by atoms with Crippen LogP contribution in [-0.4, -0.2) is 37.9 Å². The van der Waals surface area contributed by atoms with Crippen molar-refractivity contribution in [2.45, 2.75) is 13.8 Å². The second kappa shape index (κ2) is 7.34. The van der Waals surface area contributed by atoms with Crippen molar-refractivity contribution in [3.05, 3.63) is 64.7 Å².